The first kappa shape index (κ1) is 26.0. The topological polar surface area (TPSA) is 114 Å². The fourth-order valence-corrected chi connectivity index (χ4v) is 5.38. The van der Waals surface area contributed by atoms with Crippen LogP contribution in [0.5, 0.6) is 5.75 Å². The number of anilines is 2. The lowest BCUT2D eigenvalue weighted by molar-refractivity contribution is -0.114. The highest BCUT2D eigenvalue weighted by atomic mass is 32.2. The van der Waals surface area contributed by atoms with Gasteiger partial charge in [-0.15, -0.1) is 11.8 Å². The van der Waals surface area contributed by atoms with E-state index in [9.17, 15) is 18.0 Å². The van der Waals surface area contributed by atoms with E-state index in [0.29, 0.717) is 31.3 Å². The van der Waals surface area contributed by atoms with Gasteiger partial charge in [-0.1, -0.05) is 12.1 Å². The molecule has 2 aromatic carbocycles. The first-order valence-electron chi connectivity index (χ1n) is 10.9. The predicted octanol–water partition coefficient (Wildman–Crippen LogP) is 2.73. The number of rotatable bonds is 10. The van der Waals surface area contributed by atoms with Gasteiger partial charge in [0.1, 0.15) is 5.75 Å². The minimum Gasteiger partial charge on any atom is -0.492 e. The summed E-state index contributed by atoms with van der Waals surface area (Å²) in [5, 5.41) is 5.51. The molecule has 2 aromatic rings. The van der Waals surface area contributed by atoms with Crippen molar-refractivity contribution in [3.8, 4) is 5.75 Å². The Morgan fingerprint density at radius 1 is 1.06 bits per heavy atom. The van der Waals surface area contributed by atoms with Crippen molar-refractivity contribution >= 4 is 45.0 Å². The number of amides is 2. The third-order valence-corrected chi connectivity index (χ3v) is 7.73. The van der Waals surface area contributed by atoms with E-state index in [1.165, 1.54) is 22.5 Å². The van der Waals surface area contributed by atoms with E-state index in [4.69, 9.17) is 9.47 Å². The van der Waals surface area contributed by atoms with Gasteiger partial charge in [-0.05, 0) is 49.7 Å². The Balaban J connectivity index is 1.60. The number of nitrogens with one attached hydrogen (secondary N) is 2. The van der Waals surface area contributed by atoms with Crippen LogP contribution in [0.1, 0.15) is 12.5 Å². The molecule has 0 aliphatic carbocycles. The summed E-state index contributed by atoms with van der Waals surface area (Å²) in [6.45, 7) is 5.32. The summed E-state index contributed by atoms with van der Waals surface area (Å²) >= 11 is 1.16. The molecule has 1 aliphatic rings. The summed E-state index contributed by atoms with van der Waals surface area (Å²) < 4.78 is 38.1. The molecule has 2 amide bonds. The van der Waals surface area contributed by atoms with Gasteiger partial charge in [-0.25, -0.2) is 8.42 Å². The van der Waals surface area contributed by atoms with Crippen LogP contribution in [0.3, 0.4) is 0 Å². The molecular weight excluding hydrogens is 478 g/mol. The van der Waals surface area contributed by atoms with Gasteiger partial charge in [-0.3, -0.25) is 9.59 Å². The Morgan fingerprint density at radius 2 is 1.76 bits per heavy atom. The maximum atomic E-state index is 13.0. The molecule has 0 bridgehead atoms. The Morgan fingerprint density at radius 3 is 2.44 bits per heavy atom. The van der Waals surface area contributed by atoms with Crippen molar-refractivity contribution in [2.24, 2.45) is 0 Å². The molecule has 3 rings (SSSR count). The summed E-state index contributed by atoms with van der Waals surface area (Å²) in [5.74, 6) is -0.0792. The van der Waals surface area contributed by atoms with Crippen LogP contribution in [0.4, 0.5) is 11.4 Å². The third-order valence-electron chi connectivity index (χ3n) is 4.90. The number of sulfonamides is 1. The minimum atomic E-state index is -3.72. The van der Waals surface area contributed by atoms with Crippen LogP contribution in [0.25, 0.3) is 0 Å². The van der Waals surface area contributed by atoms with Gasteiger partial charge in [0.05, 0.1) is 41.9 Å². The second-order valence-electron chi connectivity index (χ2n) is 7.57. The summed E-state index contributed by atoms with van der Waals surface area (Å²) in [7, 11) is -3.72. The summed E-state index contributed by atoms with van der Waals surface area (Å²) in [6, 6.07) is 11.9. The van der Waals surface area contributed by atoms with Crippen LogP contribution in [-0.4, -0.2) is 69.0 Å². The van der Waals surface area contributed by atoms with Crippen LogP contribution in [0.15, 0.2) is 47.4 Å². The van der Waals surface area contributed by atoms with Crippen LogP contribution in [0, 0.1) is 6.92 Å². The highest BCUT2D eigenvalue weighted by molar-refractivity contribution is 8.00. The molecule has 9 nitrogen and oxygen atoms in total. The van der Waals surface area contributed by atoms with Gasteiger partial charge >= 0.3 is 0 Å². The molecule has 34 heavy (non-hydrogen) atoms. The van der Waals surface area contributed by atoms with Crippen molar-refractivity contribution in [2.45, 2.75) is 18.7 Å². The van der Waals surface area contributed by atoms with E-state index in [-0.39, 0.29) is 47.0 Å². The molecule has 0 aromatic heterocycles. The molecule has 1 fully saturated rings. The van der Waals surface area contributed by atoms with E-state index in [1.807, 2.05) is 25.1 Å². The molecule has 2 N–H and O–H groups in total. The van der Waals surface area contributed by atoms with Crippen LogP contribution in [0.2, 0.25) is 0 Å². The van der Waals surface area contributed by atoms with E-state index in [1.54, 1.807) is 13.0 Å². The average Bonchev–Trinajstić information content (AvgIpc) is 2.81. The van der Waals surface area contributed by atoms with E-state index < -0.39 is 10.0 Å². The zero-order chi connectivity index (χ0) is 24.6. The quantitative estimate of drug-likeness (QED) is 0.508. The number of ether oxygens (including phenoxy) is 2. The Labute approximate surface area is 204 Å². The van der Waals surface area contributed by atoms with Crippen molar-refractivity contribution < 1.29 is 27.5 Å². The fourth-order valence-electron chi connectivity index (χ4n) is 3.33. The zero-order valence-corrected chi connectivity index (χ0v) is 20.8. The van der Waals surface area contributed by atoms with Crippen molar-refractivity contribution in [3.05, 3.63) is 48.0 Å². The highest BCUT2D eigenvalue weighted by Gasteiger charge is 2.27. The first-order chi connectivity index (χ1) is 16.3. The van der Waals surface area contributed by atoms with Gasteiger partial charge in [-0.2, -0.15) is 4.31 Å². The third kappa shape index (κ3) is 7.20. The lowest BCUT2D eigenvalue weighted by Crippen LogP contribution is -2.40. The van der Waals surface area contributed by atoms with Crippen molar-refractivity contribution in [1.82, 2.24) is 4.31 Å². The molecule has 0 atom stereocenters. The van der Waals surface area contributed by atoms with E-state index >= 15 is 0 Å². The Hall–Kier alpha value is -2.60. The molecule has 184 valence electrons. The van der Waals surface area contributed by atoms with E-state index in [0.717, 1.165) is 17.3 Å². The van der Waals surface area contributed by atoms with E-state index in [2.05, 4.69) is 10.6 Å². The fraction of sp³-hybridized carbons (Fsp3) is 0.391. The maximum Gasteiger partial charge on any atom is 0.243 e. The molecule has 0 radical (unpaired) electrons. The zero-order valence-electron chi connectivity index (χ0n) is 19.2. The van der Waals surface area contributed by atoms with Gasteiger partial charge in [0.15, 0.2) is 0 Å². The molecule has 11 heteroatoms. The minimum absolute atomic E-state index is 0.0211. The second kappa shape index (κ2) is 12.2. The monoisotopic (exact) mass is 507 g/mol. The smallest absolute Gasteiger partial charge is 0.243 e. The second-order valence-corrected chi connectivity index (χ2v) is 10.5. The SMILES string of the molecule is CCOc1ccc(S(=O)(=O)N2CCOCC2)cc1NC(=O)CSCC(=O)Nc1cccc(C)c1. The number of carbonyl (C=O) groups is 2. The molecule has 0 spiro atoms. The molecule has 1 saturated heterocycles. The summed E-state index contributed by atoms with van der Waals surface area (Å²) in [4.78, 5) is 24.7. The van der Waals surface area contributed by atoms with Crippen molar-refractivity contribution in [2.75, 3.05) is 55.0 Å². The first-order valence-corrected chi connectivity index (χ1v) is 13.5. The highest BCUT2D eigenvalue weighted by Crippen LogP contribution is 2.30. The standard InChI is InChI=1S/C23H29N3O6S2/c1-3-32-21-8-7-19(34(29,30)26-9-11-31-12-10-26)14-20(21)25-23(28)16-33-15-22(27)24-18-6-4-5-17(2)13-18/h4-8,13-14H,3,9-12,15-16H2,1-2H3,(H,24,27)(H,25,28). The van der Waals surface area contributed by atoms with Gasteiger partial charge < -0.3 is 20.1 Å². The molecule has 0 saturated carbocycles. The number of benzene rings is 2. The van der Waals surface area contributed by atoms with Gasteiger partial charge in [0.2, 0.25) is 21.8 Å². The molecule has 1 aliphatic heterocycles. The number of nitrogens with zero attached hydrogens (tertiary/aromatic N) is 1. The number of morpholine rings is 1. The van der Waals surface area contributed by atoms with Crippen LogP contribution in [-0.2, 0) is 24.3 Å². The van der Waals surface area contributed by atoms with Gasteiger partial charge in [0.25, 0.3) is 0 Å². The van der Waals surface area contributed by atoms with Crippen molar-refractivity contribution in [3.63, 3.8) is 0 Å². The molecular formula is C23H29N3O6S2. The number of hydrogen-bond donors (Lipinski definition) is 2. The Kier molecular flexibility index (Phi) is 9.34. The maximum absolute atomic E-state index is 13.0. The van der Waals surface area contributed by atoms with Gasteiger partial charge in [0, 0.05) is 18.8 Å². The molecule has 1 heterocycles. The number of carbonyl (C=O) groups excluding carboxylic acids is 2. The summed E-state index contributed by atoms with van der Waals surface area (Å²) in [6.07, 6.45) is 0. The number of hydrogen-bond acceptors (Lipinski definition) is 7. The largest absolute Gasteiger partial charge is 0.492 e. The number of aryl methyl sites for hydroxylation is 1. The lowest BCUT2D eigenvalue weighted by Gasteiger charge is -2.26. The summed E-state index contributed by atoms with van der Waals surface area (Å²) in [5.41, 5.74) is 2.01. The lowest BCUT2D eigenvalue weighted by atomic mass is 10.2. The van der Waals surface area contributed by atoms with Crippen LogP contribution >= 0.6 is 11.8 Å². The Bertz CT molecular complexity index is 1120. The normalized spacial score (nSPS) is 14.4. The molecule has 0 unspecified atom stereocenters. The predicted molar refractivity (Wildman–Crippen MR) is 133 cm³/mol. The van der Waals surface area contributed by atoms with Crippen molar-refractivity contribution in [1.29, 1.82) is 0 Å². The van der Waals surface area contributed by atoms with Crippen LogP contribution < -0.4 is 15.4 Å². The number of thioether (sulfide) groups is 1. The average molecular weight is 508 g/mol.